The smallest absolute Gasteiger partial charge is 0.224 e. The predicted octanol–water partition coefficient (Wildman–Crippen LogP) is 1.85. The highest BCUT2D eigenvalue weighted by Gasteiger charge is 2.34. The lowest BCUT2D eigenvalue weighted by Gasteiger charge is -2.35. The van der Waals surface area contributed by atoms with Crippen LogP contribution in [-0.2, 0) is 26.1 Å². The maximum atomic E-state index is 12.5. The van der Waals surface area contributed by atoms with Crippen LogP contribution in [0.2, 0.25) is 0 Å². The van der Waals surface area contributed by atoms with Crippen LogP contribution in [0.3, 0.4) is 0 Å². The minimum Gasteiger partial charge on any atom is -0.378 e. The van der Waals surface area contributed by atoms with E-state index in [0.29, 0.717) is 26.1 Å². The van der Waals surface area contributed by atoms with Gasteiger partial charge in [-0.25, -0.2) is 8.42 Å². The molecule has 8 heteroatoms. The molecule has 1 aliphatic heterocycles. The summed E-state index contributed by atoms with van der Waals surface area (Å²) >= 11 is 1.67. The van der Waals surface area contributed by atoms with E-state index in [0.717, 1.165) is 4.88 Å². The zero-order valence-corrected chi connectivity index (χ0v) is 16.2. The van der Waals surface area contributed by atoms with Gasteiger partial charge in [0, 0.05) is 29.8 Å². The lowest BCUT2D eigenvalue weighted by atomic mass is 10.2. The average Bonchev–Trinajstić information content (AvgIpc) is 2.92. The Balaban J connectivity index is 1.99. The molecule has 1 atom stereocenters. The van der Waals surface area contributed by atoms with Gasteiger partial charge in [0.2, 0.25) is 15.9 Å². The monoisotopic (exact) mass is 374 g/mol. The molecule has 1 saturated heterocycles. The summed E-state index contributed by atoms with van der Waals surface area (Å²) < 4.78 is 31.6. The van der Waals surface area contributed by atoms with Gasteiger partial charge in [-0.05, 0) is 25.5 Å². The number of carbonyl (C=O) groups is 1. The minimum atomic E-state index is -3.32. The van der Waals surface area contributed by atoms with E-state index in [1.165, 1.54) is 9.18 Å². The van der Waals surface area contributed by atoms with Crippen molar-refractivity contribution in [1.29, 1.82) is 0 Å². The van der Waals surface area contributed by atoms with E-state index in [2.05, 4.69) is 0 Å². The zero-order chi connectivity index (χ0) is 17.7. The Labute approximate surface area is 148 Å². The number of nitrogens with zero attached hydrogens (tertiary/aromatic N) is 2. The molecule has 0 aromatic carbocycles. The molecule has 1 aromatic heterocycles. The summed E-state index contributed by atoms with van der Waals surface area (Å²) in [5, 5.41) is 0. The summed E-state index contributed by atoms with van der Waals surface area (Å²) in [5.74, 6) is 0.0513. The van der Waals surface area contributed by atoms with E-state index in [9.17, 15) is 13.2 Å². The zero-order valence-electron chi connectivity index (χ0n) is 14.5. The molecule has 0 radical (unpaired) electrons. The molecule has 24 heavy (non-hydrogen) atoms. The third-order valence-electron chi connectivity index (χ3n) is 4.02. The average molecular weight is 375 g/mol. The predicted molar refractivity (Wildman–Crippen MR) is 95.5 cm³/mol. The van der Waals surface area contributed by atoms with Gasteiger partial charge in [-0.3, -0.25) is 4.79 Å². The van der Waals surface area contributed by atoms with Gasteiger partial charge in [-0.1, -0.05) is 6.92 Å². The van der Waals surface area contributed by atoms with E-state index in [1.54, 1.807) is 23.3 Å². The normalized spacial score (nSPS) is 19.4. The third kappa shape index (κ3) is 5.02. The van der Waals surface area contributed by atoms with Crippen molar-refractivity contribution < 1.29 is 17.9 Å². The Bertz CT molecular complexity index is 657. The molecule has 0 saturated carbocycles. The van der Waals surface area contributed by atoms with Gasteiger partial charge < -0.3 is 9.64 Å². The van der Waals surface area contributed by atoms with Crippen LogP contribution in [-0.4, -0.2) is 62.1 Å². The van der Waals surface area contributed by atoms with E-state index in [4.69, 9.17) is 4.74 Å². The molecule has 6 nitrogen and oxygen atoms in total. The highest BCUT2D eigenvalue weighted by Crippen LogP contribution is 2.20. The Morgan fingerprint density at radius 2 is 2.21 bits per heavy atom. The molecule has 1 aliphatic rings. The lowest BCUT2D eigenvalue weighted by molar-refractivity contribution is -0.132. The molecule has 1 amide bonds. The second-order valence-electron chi connectivity index (χ2n) is 6.12. The van der Waals surface area contributed by atoms with Crippen molar-refractivity contribution in [2.24, 2.45) is 0 Å². The van der Waals surface area contributed by atoms with Crippen LogP contribution in [0.4, 0.5) is 0 Å². The Hall–Kier alpha value is -0.960. The van der Waals surface area contributed by atoms with Crippen molar-refractivity contribution in [3.63, 3.8) is 0 Å². The van der Waals surface area contributed by atoms with Gasteiger partial charge in [0.05, 0.1) is 31.6 Å². The molecule has 0 N–H and O–H groups in total. The summed E-state index contributed by atoms with van der Waals surface area (Å²) in [6, 6.07) is 3.65. The van der Waals surface area contributed by atoms with Gasteiger partial charge in [0.25, 0.3) is 0 Å². The molecular weight excluding hydrogens is 348 g/mol. The van der Waals surface area contributed by atoms with Gasteiger partial charge in [0.1, 0.15) is 0 Å². The second-order valence-corrected chi connectivity index (χ2v) is 9.54. The Morgan fingerprint density at radius 1 is 1.46 bits per heavy atom. The fourth-order valence-corrected chi connectivity index (χ4v) is 5.43. The second kappa shape index (κ2) is 8.42. The fourth-order valence-electron chi connectivity index (χ4n) is 2.79. The van der Waals surface area contributed by atoms with E-state index >= 15 is 0 Å². The van der Waals surface area contributed by atoms with Crippen LogP contribution in [0, 0.1) is 6.92 Å². The number of amides is 1. The van der Waals surface area contributed by atoms with Gasteiger partial charge in [0.15, 0.2) is 0 Å². The molecular formula is C16H26N2O4S2. The quantitative estimate of drug-likeness (QED) is 0.730. The van der Waals surface area contributed by atoms with Crippen LogP contribution >= 0.6 is 11.3 Å². The van der Waals surface area contributed by atoms with Crippen molar-refractivity contribution in [3.8, 4) is 0 Å². The Morgan fingerprint density at radius 3 is 2.83 bits per heavy atom. The number of ether oxygens (including phenoxy) is 1. The van der Waals surface area contributed by atoms with E-state index in [1.807, 2.05) is 26.0 Å². The van der Waals surface area contributed by atoms with E-state index < -0.39 is 16.1 Å². The topological polar surface area (TPSA) is 66.9 Å². The molecule has 1 aromatic rings. The molecule has 0 bridgehead atoms. The number of hydrogen-bond donors (Lipinski definition) is 0. The van der Waals surface area contributed by atoms with Crippen molar-refractivity contribution in [1.82, 2.24) is 9.21 Å². The third-order valence-corrected chi connectivity index (χ3v) is 7.12. The number of hydrogen-bond acceptors (Lipinski definition) is 5. The van der Waals surface area contributed by atoms with Crippen LogP contribution in [0.15, 0.2) is 12.1 Å². The first-order chi connectivity index (χ1) is 11.3. The molecule has 0 aliphatic carbocycles. The maximum Gasteiger partial charge on any atom is 0.224 e. The van der Waals surface area contributed by atoms with Crippen molar-refractivity contribution in [2.75, 3.05) is 32.6 Å². The number of sulfonamides is 1. The molecule has 0 spiro atoms. The Kier molecular flexibility index (Phi) is 6.79. The van der Waals surface area contributed by atoms with Gasteiger partial charge in [-0.2, -0.15) is 4.31 Å². The molecule has 136 valence electrons. The summed E-state index contributed by atoms with van der Waals surface area (Å²) in [6.07, 6.45) is 0.724. The van der Waals surface area contributed by atoms with E-state index in [-0.39, 0.29) is 24.7 Å². The van der Waals surface area contributed by atoms with Crippen LogP contribution in [0.1, 0.15) is 29.5 Å². The number of morpholine rings is 1. The number of thiophene rings is 1. The highest BCUT2D eigenvalue weighted by atomic mass is 32.2. The van der Waals surface area contributed by atoms with Crippen molar-refractivity contribution in [3.05, 3.63) is 21.9 Å². The lowest BCUT2D eigenvalue weighted by Crippen LogP contribution is -2.51. The molecule has 2 rings (SSSR count). The van der Waals surface area contributed by atoms with Crippen molar-refractivity contribution >= 4 is 27.3 Å². The fraction of sp³-hybridized carbons (Fsp3) is 0.688. The maximum absolute atomic E-state index is 12.5. The number of aryl methyl sites for hydroxylation is 1. The largest absolute Gasteiger partial charge is 0.378 e. The van der Waals surface area contributed by atoms with Crippen LogP contribution in [0.25, 0.3) is 0 Å². The SMILES string of the molecule is CCCS(=O)(=O)N1CCOCC1CC(=O)N(C)Cc1ccc(C)s1. The summed E-state index contributed by atoms with van der Waals surface area (Å²) in [6.45, 7) is 5.42. The number of rotatable bonds is 7. The van der Waals surface area contributed by atoms with Gasteiger partial charge >= 0.3 is 0 Å². The van der Waals surface area contributed by atoms with Crippen LogP contribution in [0.5, 0.6) is 0 Å². The summed E-state index contributed by atoms with van der Waals surface area (Å²) in [5.41, 5.74) is 0. The highest BCUT2D eigenvalue weighted by molar-refractivity contribution is 7.89. The number of carbonyl (C=O) groups excluding carboxylic acids is 1. The summed E-state index contributed by atoms with van der Waals surface area (Å²) in [7, 11) is -1.57. The molecule has 1 unspecified atom stereocenters. The van der Waals surface area contributed by atoms with Crippen LogP contribution < -0.4 is 0 Å². The first-order valence-electron chi connectivity index (χ1n) is 8.20. The summed E-state index contributed by atoms with van der Waals surface area (Å²) in [4.78, 5) is 16.5. The molecule has 1 fully saturated rings. The van der Waals surface area contributed by atoms with Gasteiger partial charge in [-0.15, -0.1) is 11.3 Å². The minimum absolute atomic E-state index is 0.0618. The first kappa shape index (κ1) is 19.4. The first-order valence-corrected chi connectivity index (χ1v) is 10.6. The standard InChI is InChI=1S/C16H26N2O4S2/c1-4-9-24(20,21)18-7-8-22-12-14(18)10-16(19)17(3)11-15-6-5-13(2)23-15/h5-6,14H,4,7-12H2,1-3H3. The van der Waals surface area contributed by atoms with Crippen molar-refractivity contribution in [2.45, 2.75) is 39.3 Å². The molecule has 2 heterocycles.